The quantitative estimate of drug-likeness (QED) is 0.807. The van der Waals surface area contributed by atoms with Crippen LogP contribution in [0.25, 0.3) is 0 Å². The summed E-state index contributed by atoms with van der Waals surface area (Å²) >= 11 is 1.88. The number of thiazole rings is 1. The van der Waals surface area contributed by atoms with Crippen molar-refractivity contribution in [3.63, 3.8) is 0 Å². The molecule has 0 amide bonds. The van der Waals surface area contributed by atoms with Gasteiger partial charge in [0.05, 0.1) is 10.7 Å². The second-order valence-electron chi connectivity index (χ2n) is 5.94. The minimum Gasteiger partial charge on any atom is -0.314 e. The van der Waals surface area contributed by atoms with Crippen LogP contribution < -0.4 is 5.32 Å². The van der Waals surface area contributed by atoms with Crippen LogP contribution in [0.3, 0.4) is 0 Å². The smallest absolute Gasteiger partial charge is 0.0946 e. The Labute approximate surface area is 122 Å². The second-order valence-corrected chi connectivity index (χ2v) is 7.22. The highest BCUT2D eigenvalue weighted by Crippen LogP contribution is 2.29. The molecule has 0 aromatic carbocycles. The third-order valence-electron chi connectivity index (χ3n) is 4.38. The molecule has 1 aromatic rings. The van der Waals surface area contributed by atoms with Gasteiger partial charge in [-0.2, -0.15) is 0 Å². The summed E-state index contributed by atoms with van der Waals surface area (Å²) in [5.41, 5.74) is 1.21. The first kappa shape index (κ1) is 15.0. The van der Waals surface area contributed by atoms with Crippen LogP contribution in [0, 0.1) is 19.8 Å². The van der Waals surface area contributed by atoms with E-state index >= 15 is 0 Å². The molecule has 0 radical (unpaired) electrons. The van der Waals surface area contributed by atoms with E-state index in [1.54, 1.807) is 0 Å². The SMILES string of the molecule is CCNC(CCC1CCCC1)Cc1nc(C)c(C)s1. The van der Waals surface area contributed by atoms with E-state index < -0.39 is 0 Å². The average Bonchev–Trinajstić information content (AvgIpc) is 2.98. The highest BCUT2D eigenvalue weighted by Gasteiger charge is 2.18. The van der Waals surface area contributed by atoms with Crippen molar-refractivity contribution in [1.29, 1.82) is 0 Å². The van der Waals surface area contributed by atoms with Gasteiger partial charge in [-0.05, 0) is 39.2 Å². The molecule has 1 unspecified atom stereocenters. The van der Waals surface area contributed by atoms with Crippen LogP contribution in [0.1, 0.15) is 61.0 Å². The fourth-order valence-electron chi connectivity index (χ4n) is 3.14. The molecule has 1 aliphatic carbocycles. The minimum atomic E-state index is 0.621. The van der Waals surface area contributed by atoms with Gasteiger partial charge in [0, 0.05) is 17.3 Å². The van der Waals surface area contributed by atoms with Crippen LogP contribution in [0.2, 0.25) is 0 Å². The van der Waals surface area contributed by atoms with Gasteiger partial charge in [0.2, 0.25) is 0 Å². The molecule has 3 heteroatoms. The van der Waals surface area contributed by atoms with Gasteiger partial charge in [-0.3, -0.25) is 0 Å². The van der Waals surface area contributed by atoms with Crippen LogP contribution >= 0.6 is 11.3 Å². The van der Waals surface area contributed by atoms with Gasteiger partial charge in [0.1, 0.15) is 0 Å². The number of nitrogens with one attached hydrogen (secondary N) is 1. The van der Waals surface area contributed by atoms with E-state index in [-0.39, 0.29) is 0 Å². The normalized spacial score (nSPS) is 18.1. The maximum Gasteiger partial charge on any atom is 0.0946 e. The van der Waals surface area contributed by atoms with E-state index in [1.165, 1.54) is 54.1 Å². The molecule has 1 fully saturated rings. The van der Waals surface area contributed by atoms with E-state index in [2.05, 4.69) is 26.1 Å². The predicted molar refractivity (Wildman–Crippen MR) is 83.9 cm³/mol. The van der Waals surface area contributed by atoms with Crippen molar-refractivity contribution in [2.75, 3.05) is 6.54 Å². The van der Waals surface area contributed by atoms with Crippen molar-refractivity contribution in [2.45, 2.75) is 71.8 Å². The molecule has 1 atom stereocenters. The number of hydrogen-bond donors (Lipinski definition) is 1. The van der Waals surface area contributed by atoms with E-state index in [0.717, 1.165) is 18.9 Å². The lowest BCUT2D eigenvalue weighted by molar-refractivity contribution is 0.407. The molecule has 0 bridgehead atoms. The third kappa shape index (κ3) is 4.57. The Bertz CT molecular complexity index is 361. The van der Waals surface area contributed by atoms with Crippen LogP contribution in [-0.2, 0) is 6.42 Å². The maximum atomic E-state index is 4.69. The zero-order valence-electron chi connectivity index (χ0n) is 12.7. The van der Waals surface area contributed by atoms with E-state index in [0.29, 0.717) is 6.04 Å². The van der Waals surface area contributed by atoms with E-state index in [1.807, 2.05) is 11.3 Å². The summed E-state index contributed by atoms with van der Waals surface area (Å²) in [7, 11) is 0. The molecular formula is C16H28N2S. The molecule has 0 spiro atoms. The Hall–Kier alpha value is -0.410. The van der Waals surface area contributed by atoms with Gasteiger partial charge in [-0.15, -0.1) is 11.3 Å². The van der Waals surface area contributed by atoms with E-state index in [9.17, 15) is 0 Å². The number of aryl methyl sites for hydroxylation is 2. The number of hydrogen-bond acceptors (Lipinski definition) is 3. The summed E-state index contributed by atoms with van der Waals surface area (Å²) in [5.74, 6) is 1.00. The van der Waals surface area contributed by atoms with Gasteiger partial charge in [-0.1, -0.05) is 32.6 Å². The minimum absolute atomic E-state index is 0.621. The first-order chi connectivity index (χ1) is 9.19. The third-order valence-corrected chi connectivity index (χ3v) is 5.48. The fourth-order valence-corrected chi connectivity index (χ4v) is 4.15. The number of likely N-dealkylation sites (N-methyl/N-ethyl adjacent to an activating group) is 1. The summed E-state index contributed by atoms with van der Waals surface area (Å²) in [5, 5.41) is 4.96. The summed E-state index contributed by atoms with van der Waals surface area (Å²) in [6, 6.07) is 0.621. The molecule has 0 aliphatic heterocycles. The largest absolute Gasteiger partial charge is 0.314 e. The molecular weight excluding hydrogens is 252 g/mol. The molecule has 2 rings (SSSR count). The average molecular weight is 280 g/mol. The molecule has 1 aliphatic rings. The molecule has 19 heavy (non-hydrogen) atoms. The van der Waals surface area contributed by atoms with Gasteiger partial charge in [0.15, 0.2) is 0 Å². The van der Waals surface area contributed by atoms with Crippen molar-refractivity contribution >= 4 is 11.3 Å². The Balaban J connectivity index is 1.84. The van der Waals surface area contributed by atoms with Crippen molar-refractivity contribution in [1.82, 2.24) is 10.3 Å². The topological polar surface area (TPSA) is 24.9 Å². The van der Waals surface area contributed by atoms with Crippen LogP contribution in [0.5, 0.6) is 0 Å². The van der Waals surface area contributed by atoms with Crippen molar-refractivity contribution in [2.24, 2.45) is 5.92 Å². The van der Waals surface area contributed by atoms with Gasteiger partial charge >= 0.3 is 0 Å². The summed E-state index contributed by atoms with van der Waals surface area (Å²) in [4.78, 5) is 6.07. The Morgan fingerprint density at radius 3 is 2.63 bits per heavy atom. The molecule has 1 N–H and O–H groups in total. The van der Waals surface area contributed by atoms with Gasteiger partial charge < -0.3 is 5.32 Å². The first-order valence-electron chi connectivity index (χ1n) is 7.85. The summed E-state index contributed by atoms with van der Waals surface area (Å²) < 4.78 is 0. The Kier molecular flexibility index (Phi) is 5.83. The lowest BCUT2D eigenvalue weighted by Crippen LogP contribution is -2.31. The van der Waals surface area contributed by atoms with Crippen molar-refractivity contribution in [3.05, 3.63) is 15.6 Å². The van der Waals surface area contributed by atoms with Crippen LogP contribution in [0.4, 0.5) is 0 Å². The van der Waals surface area contributed by atoms with Gasteiger partial charge in [-0.25, -0.2) is 4.98 Å². The number of rotatable bonds is 7. The highest BCUT2D eigenvalue weighted by atomic mass is 32.1. The van der Waals surface area contributed by atoms with E-state index in [4.69, 9.17) is 4.98 Å². The molecule has 108 valence electrons. The highest BCUT2D eigenvalue weighted by molar-refractivity contribution is 7.11. The lowest BCUT2D eigenvalue weighted by Gasteiger charge is -2.18. The molecule has 1 heterocycles. The summed E-state index contributed by atoms with van der Waals surface area (Å²) in [6.07, 6.45) is 9.68. The first-order valence-corrected chi connectivity index (χ1v) is 8.67. The molecule has 1 aromatic heterocycles. The zero-order chi connectivity index (χ0) is 13.7. The second kappa shape index (κ2) is 7.39. The monoisotopic (exact) mass is 280 g/mol. The van der Waals surface area contributed by atoms with Gasteiger partial charge in [0.25, 0.3) is 0 Å². The Morgan fingerprint density at radius 2 is 2.05 bits per heavy atom. The molecule has 1 saturated carbocycles. The Morgan fingerprint density at radius 1 is 1.32 bits per heavy atom. The van der Waals surface area contributed by atoms with Crippen LogP contribution in [0.15, 0.2) is 0 Å². The zero-order valence-corrected chi connectivity index (χ0v) is 13.5. The van der Waals surface area contributed by atoms with Crippen LogP contribution in [-0.4, -0.2) is 17.6 Å². The number of nitrogens with zero attached hydrogens (tertiary/aromatic N) is 1. The molecule has 2 nitrogen and oxygen atoms in total. The maximum absolute atomic E-state index is 4.69. The molecule has 0 saturated heterocycles. The summed E-state index contributed by atoms with van der Waals surface area (Å²) in [6.45, 7) is 7.58. The number of aromatic nitrogens is 1. The standard InChI is InChI=1S/C16H28N2S/c1-4-17-15(10-9-14-7-5-6-8-14)11-16-18-12(2)13(3)19-16/h14-15,17H,4-11H2,1-3H3. The van der Waals surface area contributed by atoms with Crippen molar-refractivity contribution in [3.8, 4) is 0 Å². The van der Waals surface area contributed by atoms with Crippen molar-refractivity contribution < 1.29 is 0 Å². The lowest BCUT2D eigenvalue weighted by atomic mass is 9.97. The predicted octanol–water partition coefficient (Wildman–Crippen LogP) is 4.25. The fraction of sp³-hybridized carbons (Fsp3) is 0.812.